The molecule has 0 heterocycles. The van der Waals surface area contributed by atoms with Crippen molar-refractivity contribution in [2.75, 3.05) is 0 Å². The van der Waals surface area contributed by atoms with E-state index in [0.717, 1.165) is 10.8 Å². The van der Waals surface area contributed by atoms with Crippen LogP contribution in [0, 0.1) is 10.1 Å². The summed E-state index contributed by atoms with van der Waals surface area (Å²) in [5, 5.41) is 11.8. The molecule has 0 spiro atoms. The molecule has 18 heavy (non-hydrogen) atoms. The standard InChI is InChI=1S/C14H19NO2S/c1-11(18-14-8-3-2-4-9-14)12-6-5-7-13(10-12)15(16)17/h5-7,10-11,14H,2-4,8-9H2,1H3. The molecule has 1 unspecified atom stereocenters. The highest BCUT2D eigenvalue weighted by atomic mass is 32.2. The molecule has 3 nitrogen and oxygen atoms in total. The molecule has 1 saturated carbocycles. The van der Waals surface area contributed by atoms with Gasteiger partial charge >= 0.3 is 0 Å². The highest BCUT2D eigenvalue weighted by Gasteiger charge is 2.19. The van der Waals surface area contributed by atoms with E-state index in [1.54, 1.807) is 18.2 Å². The first-order valence-electron chi connectivity index (χ1n) is 6.56. The fourth-order valence-electron chi connectivity index (χ4n) is 2.46. The van der Waals surface area contributed by atoms with E-state index in [-0.39, 0.29) is 10.6 Å². The van der Waals surface area contributed by atoms with Gasteiger partial charge in [0.05, 0.1) is 4.92 Å². The Hall–Kier alpha value is -1.03. The van der Waals surface area contributed by atoms with Crippen LogP contribution in [0.3, 0.4) is 0 Å². The van der Waals surface area contributed by atoms with Crippen molar-refractivity contribution in [3.63, 3.8) is 0 Å². The Morgan fingerprint density at radius 2 is 2.06 bits per heavy atom. The van der Waals surface area contributed by atoms with Crippen molar-refractivity contribution in [1.82, 2.24) is 0 Å². The summed E-state index contributed by atoms with van der Waals surface area (Å²) >= 11 is 1.97. The molecule has 1 atom stereocenters. The van der Waals surface area contributed by atoms with Gasteiger partial charge in [0.15, 0.2) is 0 Å². The van der Waals surface area contributed by atoms with Crippen molar-refractivity contribution >= 4 is 17.4 Å². The number of benzene rings is 1. The molecule has 1 aliphatic carbocycles. The Morgan fingerprint density at radius 1 is 1.33 bits per heavy atom. The quantitative estimate of drug-likeness (QED) is 0.584. The van der Waals surface area contributed by atoms with Gasteiger partial charge in [-0.3, -0.25) is 10.1 Å². The third-order valence-electron chi connectivity index (χ3n) is 3.50. The first-order chi connectivity index (χ1) is 8.66. The molecular weight excluding hydrogens is 246 g/mol. The van der Waals surface area contributed by atoms with Gasteiger partial charge in [-0.1, -0.05) is 31.4 Å². The molecular formula is C14H19NO2S. The average molecular weight is 265 g/mol. The number of rotatable bonds is 4. The summed E-state index contributed by atoms with van der Waals surface area (Å²) in [6.45, 7) is 2.15. The summed E-state index contributed by atoms with van der Waals surface area (Å²) in [5.41, 5.74) is 1.27. The zero-order chi connectivity index (χ0) is 13.0. The molecule has 1 aromatic carbocycles. The minimum atomic E-state index is -0.318. The molecule has 0 radical (unpaired) electrons. The van der Waals surface area contributed by atoms with Crippen LogP contribution in [0.5, 0.6) is 0 Å². The first-order valence-corrected chi connectivity index (χ1v) is 7.51. The van der Waals surface area contributed by atoms with Gasteiger partial charge < -0.3 is 0 Å². The van der Waals surface area contributed by atoms with Crippen LogP contribution < -0.4 is 0 Å². The van der Waals surface area contributed by atoms with Gasteiger partial charge in [0.2, 0.25) is 0 Å². The van der Waals surface area contributed by atoms with E-state index in [4.69, 9.17) is 0 Å². The Balaban J connectivity index is 2.01. The van der Waals surface area contributed by atoms with Gasteiger partial charge in [-0.15, -0.1) is 0 Å². The second-order valence-corrected chi connectivity index (χ2v) is 6.54. The van der Waals surface area contributed by atoms with Crippen molar-refractivity contribution in [2.24, 2.45) is 0 Å². The lowest BCUT2D eigenvalue weighted by Crippen LogP contribution is -2.09. The van der Waals surface area contributed by atoms with Gasteiger partial charge in [0, 0.05) is 22.6 Å². The van der Waals surface area contributed by atoms with Crippen LogP contribution in [0.1, 0.15) is 49.8 Å². The maximum Gasteiger partial charge on any atom is 0.269 e. The second kappa shape index (κ2) is 6.23. The van der Waals surface area contributed by atoms with E-state index in [1.807, 2.05) is 17.8 Å². The topological polar surface area (TPSA) is 43.1 Å². The Labute approximate surface area is 112 Å². The van der Waals surface area contributed by atoms with E-state index in [9.17, 15) is 10.1 Å². The third-order valence-corrected chi connectivity index (χ3v) is 5.04. The molecule has 2 rings (SSSR count). The fraction of sp³-hybridized carbons (Fsp3) is 0.571. The molecule has 1 aromatic rings. The predicted octanol–water partition coefficient (Wildman–Crippen LogP) is 4.72. The van der Waals surface area contributed by atoms with Crippen molar-refractivity contribution in [3.8, 4) is 0 Å². The molecule has 0 N–H and O–H groups in total. The SMILES string of the molecule is CC(SC1CCCCC1)c1cccc([N+](=O)[O-])c1. The Kier molecular flexibility index (Phi) is 4.64. The predicted molar refractivity (Wildman–Crippen MR) is 76.0 cm³/mol. The Morgan fingerprint density at radius 3 is 2.72 bits per heavy atom. The molecule has 4 heteroatoms. The lowest BCUT2D eigenvalue weighted by Gasteiger charge is -2.24. The average Bonchev–Trinajstić information content (AvgIpc) is 2.40. The van der Waals surface area contributed by atoms with Crippen LogP contribution in [0.4, 0.5) is 5.69 Å². The lowest BCUT2D eigenvalue weighted by molar-refractivity contribution is -0.384. The lowest BCUT2D eigenvalue weighted by atomic mass is 10.0. The molecule has 98 valence electrons. The van der Waals surface area contributed by atoms with Crippen molar-refractivity contribution in [2.45, 2.75) is 49.5 Å². The zero-order valence-corrected chi connectivity index (χ0v) is 11.5. The summed E-state index contributed by atoms with van der Waals surface area (Å²) in [6.07, 6.45) is 6.62. The van der Waals surface area contributed by atoms with E-state index in [2.05, 4.69) is 6.92 Å². The zero-order valence-electron chi connectivity index (χ0n) is 10.7. The summed E-state index contributed by atoms with van der Waals surface area (Å²) in [6, 6.07) is 7.04. The number of hydrogen-bond donors (Lipinski definition) is 0. The maximum absolute atomic E-state index is 10.8. The molecule has 1 fully saturated rings. The van der Waals surface area contributed by atoms with Crippen LogP contribution in [-0.2, 0) is 0 Å². The number of hydrogen-bond acceptors (Lipinski definition) is 3. The van der Waals surface area contributed by atoms with E-state index >= 15 is 0 Å². The highest BCUT2D eigenvalue weighted by molar-refractivity contribution is 8.00. The van der Waals surface area contributed by atoms with Crippen molar-refractivity contribution in [3.05, 3.63) is 39.9 Å². The van der Waals surface area contributed by atoms with E-state index in [0.29, 0.717) is 5.25 Å². The highest BCUT2D eigenvalue weighted by Crippen LogP contribution is 2.38. The summed E-state index contributed by atoms with van der Waals surface area (Å²) in [4.78, 5) is 10.4. The van der Waals surface area contributed by atoms with E-state index in [1.165, 1.54) is 32.1 Å². The number of nitro benzene ring substituents is 1. The van der Waals surface area contributed by atoms with Crippen molar-refractivity contribution in [1.29, 1.82) is 0 Å². The maximum atomic E-state index is 10.8. The minimum Gasteiger partial charge on any atom is -0.258 e. The van der Waals surface area contributed by atoms with Gasteiger partial charge in [-0.2, -0.15) is 11.8 Å². The smallest absolute Gasteiger partial charge is 0.258 e. The molecule has 1 aliphatic rings. The summed E-state index contributed by atoms with van der Waals surface area (Å²) < 4.78 is 0. The number of nitrogens with zero attached hydrogens (tertiary/aromatic N) is 1. The first kappa shape index (κ1) is 13.4. The number of nitro groups is 1. The number of non-ortho nitro benzene ring substituents is 1. The third kappa shape index (κ3) is 3.48. The Bertz CT molecular complexity index is 416. The fourth-order valence-corrected chi connectivity index (χ4v) is 3.95. The molecule has 0 saturated heterocycles. The van der Waals surface area contributed by atoms with Crippen LogP contribution in [0.2, 0.25) is 0 Å². The monoisotopic (exact) mass is 265 g/mol. The van der Waals surface area contributed by atoms with Gasteiger partial charge in [0.1, 0.15) is 0 Å². The molecule has 0 amide bonds. The summed E-state index contributed by atoms with van der Waals surface area (Å²) in [7, 11) is 0. The minimum absolute atomic E-state index is 0.198. The number of thioether (sulfide) groups is 1. The van der Waals surface area contributed by atoms with Crippen molar-refractivity contribution < 1.29 is 4.92 Å². The summed E-state index contributed by atoms with van der Waals surface area (Å²) in [5.74, 6) is 0. The van der Waals surface area contributed by atoms with Crippen LogP contribution in [0.25, 0.3) is 0 Å². The van der Waals surface area contributed by atoms with Gasteiger partial charge in [-0.25, -0.2) is 0 Å². The largest absolute Gasteiger partial charge is 0.269 e. The van der Waals surface area contributed by atoms with Crippen LogP contribution in [0.15, 0.2) is 24.3 Å². The normalized spacial score (nSPS) is 18.5. The van der Waals surface area contributed by atoms with Gasteiger partial charge in [-0.05, 0) is 25.3 Å². The van der Waals surface area contributed by atoms with Crippen LogP contribution in [-0.4, -0.2) is 10.2 Å². The van der Waals surface area contributed by atoms with Gasteiger partial charge in [0.25, 0.3) is 5.69 Å². The molecule has 0 aromatic heterocycles. The van der Waals surface area contributed by atoms with Crippen LogP contribution >= 0.6 is 11.8 Å². The second-order valence-electron chi connectivity index (χ2n) is 4.89. The molecule has 0 aliphatic heterocycles. The van der Waals surface area contributed by atoms with E-state index < -0.39 is 0 Å². The molecule has 0 bridgehead atoms.